The smallest absolute Gasteiger partial charge is 0.442 e. The van der Waals surface area contributed by atoms with Gasteiger partial charge >= 0.3 is 12.2 Å². The fourth-order valence-electron chi connectivity index (χ4n) is 1.69. The number of carbonyl (C=O) groups excluding carboxylic acids is 2. The summed E-state index contributed by atoms with van der Waals surface area (Å²) in [6.45, 7) is 6.45. The van der Waals surface area contributed by atoms with Crippen molar-refractivity contribution >= 4 is 29.6 Å². The molecule has 0 N–H and O–H groups in total. The molecule has 0 saturated carbocycles. The van der Waals surface area contributed by atoms with Gasteiger partial charge in [0.2, 0.25) is 0 Å². The van der Waals surface area contributed by atoms with Gasteiger partial charge < -0.3 is 14.4 Å². The van der Waals surface area contributed by atoms with E-state index in [1.54, 1.807) is 4.90 Å². The number of hydrogen-bond acceptors (Lipinski definition) is 5. The van der Waals surface area contributed by atoms with E-state index in [9.17, 15) is 9.59 Å². The van der Waals surface area contributed by atoms with E-state index < -0.39 is 11.7 Å². The molecule has 1 rings (SSSR count). The summed E-state index contributed by atoms with van der Waals surface area (Å²) < 4.78 is 10.3. The van der Waals surface area contributed by atoms with Gasteiger partial charge in [-0.05, 0) is 33.0 Å². The molecule has 0 atom stereocenters. The van der Waals surface area contributed by atoms with Crippen LogP contribution in [0, 0.1) is 0 Å². The van der Waals surface area contributed by atoms with E-state index in [0.29, 0.717) is 25.9 Å². The van der Waals surface area contributed by atoms with Crippen LogP contribution in [0.15, 0.2) is 4.99 Å². The van der Waals surface area contributed by atoms with Crippen LogP contribution in [0.4, 0.5) is 9.59 Å². The van der Waals surface area contributed by atoms with Crippen LogP contribution in [0.5, 0.6) is 0 Å². The monoisotopic (exact) mass is 286 g/mol. The molecular formula is C12H18N2O4S. The minimum Gasteiger partial charge on any atom is -0.444 e. The van der Waals surface area contributed by atoms with Crippen molar-refractivity contribution in [3.63, 3.8) is 0 Å². The molecular weight excluding hydrogens is 268 g/mol. The van der Waals surface area contributed by atoms with E-state index in [-0.39, 0.29) is 12.2 Å². The molecule has 0 bridgehead atoms. The van der Waals surface area contributed by atoms with Crippen LogP contribution in [0.3, 0.4) is 0 Å². The lowest BCUT2D eigenvalue weighted by molar-refractivity contribution is 0.00756. The first-order chi connectivity index (χ1) is 8.81. The van der Waals surface area contributed by atoms with Gasteiger partial charge in [-0.25, -0.2) is 9.59 Å². The van der Waals surface area contributed by atoms with E-state index in [1.165, 1.54) is 0 Å². The maximum absolute atomic E-state index is 11.8. The molecule has 106 valence electrons. The van der Waals surface area contributed by atoms with Crippen molar-refractivity contribution in [3.05, 3.63) is 0 Å². The number of amides is 2. The molecule has 19 heavy (non-hydrogen) atoms. The molecule has 0 aliphatic carbocycles. The molecule has 0 radical (unpaired) electrons. The molecule has 0 aromatic carbocycles. The van der Waals surface area contributed by atoms with Gasteiger partial charge in [0.15, 0.2) is 0 Å². The summed E-state index contributed by atoms with van der Waals surface area (Å²) in [4.78, 5) is 27.7. The fourth-order valence-corrected chi connectivity index (χ4v) is 1.76. The van der Waals surface area contributed by atoms with Gasteiger partial charge in [-0.3, -0.25) is 0 Å². The quantitative estimate of drug-likeness (QED) is 0.547. The SMILES string of the molecule is CC(C)(C)OC(=O)N1CCC(OC(=O)N=C=S)CC1. The summed E-state index contributed by atoms with van der Waals surface area (Å²) in [6.07, 6.45) is -0.172. The predicted octanol–water partition coefficient (Wildman–Crippen LogP) is 2.63. The average Bonchev–Trinajstić information content (AvgIpc) is 2.27. The van der Waals surface area contributed by atoms with E-state index in [4.69, 9.17) is 9.47 Å². The lowest BCUT2D eigenvalue weighted by Gasteiger charge is -2.32. The van der Waals surface area contributed by atoms with Crippen LogP contribution in [0.1, 0.15) is 33.6 Å². The Kier molecular flexibility index (Phi) is 5.44. The van der Waals surface area contributed by atoms with Crippen LogP contribution in [-0.2, 0) is 9.47 Å². The first-order valence-corrected chi connectivity index (χ1v) is 6.49. The van der Waals surface area contributed by atoms with Crippen molar-refractivity contribution in [2.24, 2.45) is 4.99 Å². The number of aliphatic imine (C=N–C) groups is 1. The van der Waals surface area contributed by atoms with Gasteiger partial charge in [-0.2, -0.15) is 0 Å². The standard InChI is InChI=1S/C12H18N2O4S/c1-12(2,3)18-11(16)14-6-4-9(5-7-14)17-10(15)13-8-19/h9H,4-7H2,1-3H3. The third-order valence-corrected chi connectivity index (χ3v) is 2.59. The zero-order valence-electron chi connectivity index (χ0n) is 11.3. The molecule has 0 spiro atoms. The average molecular weight is 286 g/mol. The van der Waals surface area contributed by atoms with Crippen LogP contribution in [0.25, 0.3) is 0 Å². The molecule has 0 aromatic rings. The zero-order valence-corrected chi connectivity index (χ0v) is 12.2. The first-order valence-electron chi connectivity index (χ1n) is 6.08. The number of piperidine rings is 1. The molecule has 1 heterocycles. The number of hydrogen-bond donors (Lipinski definition) is 0. The Labute approximate surface area is 117 Å². The number of thiocarbonyl (C=S) groups is 1. The summed E-state index contributed by atoms with van der Waals surface area (Å²) in [5.74, 6) is 0. The zero-order chi connectivity index (χ0) is 14.5. The van der Waals surface area contributed by atoms with Crippen molar-refractivity contribution < 1.29 is 19.1 Å². The lowest BCUT2D eigenvalue weighted by atomic mass is 10.1. The fraction of sp³-hybridized carbons (Fsp3) is 0.750. The topological polar surface area (TPSA) is 68.2 Å². The second kappa shape index (κ2) is 6.63. The Morgan fingerprint density at radius 3 is 2.37 bits per heavy atom. The molecule has 1 aliphatic rings. The number of ether oxygens (including phenoxy) is 2. The molecule has 1 fully saturated rings. The number of likely N-dealkylation sites (tertiary alicyclic amines) is 1. The third kappa shape index (κ3) is 5.81. The molecule has 2 amide bonds. The highest BCUT2D eigenvalue weighted by molar-refractivity contribution is 7.78. The summed E-state index contributed by atoms with van der Waals surface area (Å²) in [6, 6.07) is 0. The van der Waals surface area contributed by atoms with Crippen LogP contribution < -0.4 is 0 Å². The number of carbonyl (C=O) groups is 2. The third-order valence-electron chi connectivity index (χ3n) is 2.50. The van der Waals surface area contributed by atoms with E-state index in [0.717, 1.165) is 0 Å². The summed E-state index contributed by atoms with van der Waals surface area (Å²) >= 11 is 4.31. The Hall–Kier alpha value is -1.46. The molecule has 0 aromatic heterocycles. The summed E-state index contributed by atoms with van der Waals surface area (Å²) in [5.41, 5.74) is -0.506. The molecule has 6 nitrogen and oxygen atoms in total. The largest absolute Gasteiger partial charge is 0.444 e. The highest BCUT2D eigenvalue weighted by Crippen LogP contribution is 2.17. The van der Waals surface area contributed by atoms with Crippen LogP contribution in [0.2, 0.25) is 0 Å². The lowest BCUT2D eigenvalue weighted by Crippen LogP contribution is -2.43. The highest BCUT2D eigenvalue weighted by Gasteiger charge is 2.28. The Morgan fingerprint density at radius 1 is 1.32 bits per heavy atom. The van der Waals surface area contributed by atoms with Crippen molar-refractivity contribution in [2.75, 3.05) is 13.1 Å². The van der Waals surface area contributed by atoms with Gasteiger partial charge in [0, 0.05) is 25.9 Å². The van der Waals surface area contributed by atoms with Crippen molar-refractivity contribution in [3.8, 4) is 0 Å². The van der Waals surface area contributed by atoms with E-state index >= 15 is 0 Å². The van der Waals surface area contributed by atoms with Gasteiger partial charge in [-0.15, -0.1) is 4.99 Å². The highest BCUT2D eigenvalue weighted by atomic mass is 32.1. The van der Waals surface area contributed by atoms with E-state index in [2.05, 4.69) is 17.2 Å². The molecule has 1 aliphatic heterocycles. The normalized spacial score (nSPS) is 16.5. The Balaban J connectivity index is 2.38. The summed E-state index contributed by atoms with van der Waals surface area (Å²) in [7, 11) is 0. The van der Waals surface area contributed by atoms with Crippen molar-refractivity contribution in [1.29, 1.82) is 0 Å². The molecule has 7 heteroatoms. The number of nitrogens with zero attached hydrogens (tertiary/aromatic N) is 2. The van der Waals surface area contributed by atoms with Crippen LogP contribution in [-0.4, -0.2) is 47.0 Å². The van der Waals surface area contributed by atoms with E-state index in [1.807, 2.05) is 25.9 Å². The second-order valence-electron chi connectivity index (χ2n) is 5.25. The summed E-state index contributed by atoms with van der Waals surface area (Å²) in [5, 5.41) is 1.96. The van der Waals surface area contributed by atoms with Gasteiger partial charge in [0.05, 0.1) is 5.16 Å². The molecule has 1 saturated heterocycles. The predicted molar refractivity (Wildman–Crippen MR) is 72.3 cm³/mol. The number of isothiocyanates is 1. The van der Waals surface area contributed by atoms with Crippen molar-refractivity contribution in [2.45, 2.75) is 45.3 Å². The van der Waals surface area contributed by atoms with Gasteiger partial charge in [0.25, 0.3) is 0 Å². The minimum atomic E-state index is -0.731. The second-order valence-corrected chi connectivity index (χ2v) is 5.44. The van der Waals surface area contributed by atoms with Gasteiger partial charge in [0.1, 0.15) is 11.7 Å². The maximum atomic E-state index is 11.8. The first kappa shape index (κ1) is 15.6. The van der Waals surface area contributed by atoms with Crippen LogP contribution >= 0.6 is 12.2 Å². The number of rotatable bonds is 1. The maximum Gasteiger partial charge on any atom is 0.442 e. The van der Waals surface area contributed by atoms with Crippen molar-refractivity contribution in [1.82, 2.24) is 4.90 Å². The Bertz CT molecular complexity index is 391. The Morgan fingerprint density at radius 2 is 1.89 bits per heavy atom. The minimum absolute atomic E-state index is 0.238. The molecule has 0 unspecified atom stereocenters. The van der Waals surface area contributed by atoms with Gasteiger partial charge in [-0.1, -0.05) is 0 Å².